The van der Waals surface area contributed by atoms with Crippen LogP contribution in [0.2, 0.25) is 0 Å². The van der Waals surface area contributed by atoms with Gasteiger partial charge in [0.05, 0.1) is 13.7 Å². The standard InChI is InChI=1S/C31H34FNO4/c1-3-4-17-36-18-19-37-28-12-9-23(10-13-28)24-11-14-30-27(20-24)21-25(31(34)35-2)15-16-33(30)22-26-7-5-6-8-29(26)32/h5-14,20-21H,3-4,15-19,22H2,1-2H3. The largest absolute Gasteiger partial charge is 0.491 e. The maximum absolute atomic E-state index is 14.4. The number of hydrogen-bond acceptors (Lipinski definition) is 5. The molecular weight excluding hydrogens is 469 g/mol. The molecule has 0 aromatic heterocycles. The Morgan fingerprint density at radius 3 is 2.51 bits per heavy atom. The second-order valence-electron chi connectivity index (χ2n) is 9.04. The first-order chi connectivity index (χ1) is 18.1. The monoisotopic (exact) mass is 503 g/mol. The highest BCUT2D eigenvalue weighted by molar-refractivity contribution is 5.96. The fraction of sp³-hybridized carbons (Fsp3) is 0.323. The maximum atomic E-state index is 14.4. The number of esters is 1. The fourth-order valence-electron chi connectivity index (χ4n) is 4.37. The number of carbonyl (C=O) groups is 1. The van der Waals surface area contributed by atoms with Crippen LogP contribution in [0.1, 0.15) is 37.3 Å². The molecule has 0 saturated carbocycles. The van der Waals surface area contributed by atoms with Gasteiger partial charge in [0.2, 0.25) is 0 Å². The molecule has 0 fully saturated rings. The third-order valence-corrected chi connectivity index (χ3v) is 6.44. The lowest BCUT2D eigenvalue weighted by molar-refractivity contribution is -0.136. The van der Waals surface area contributed by atoms with E-state index >= 15 is 0 Å². The average molecular weight is 504 g/mol. The summed E-state index contributed by atoms with van der Waals surface area (Å²) in [5, 5.41) is 0. The van der Waals surface area contributed by atoms with E-state index in [0.717, 1.165) is 47.6 Å². The van der Waals surface area contributed by atoms with Crippen LogP contribution in [0.5, 0.6) is 5.75 Å². The van der Waals surface area contributed by atoms with Crippen LogP contribution in [-0.4, -0.2) is 39.4 Å². The Hall–Kier alpha value is -3.64. The lowest BCUT2D eigenvalue weighted by Gasteiger charge is -2.26. The van der Waals surface area contributed by atoms with Crippen molar-refractivity contribution in [3.63, 3.8) is 0 Å². The molecule has 0 N–H and O–H groups in total. The van der Waals surface area contributed by atoms with Gasteiger partial charge in [-0.15, -0.1) is 0 Å². The van der Waals surface area contributed by atoms with Crippen molar-refractivity contribution in [3.05, 3.63) is 89.2 Å². The minimum atomic E-state index is -0.343. The van der Waals surface area contributed by atoms with E-state index in [1.165, 1.54) is 13.2 Å². The first-order valence-corrected chi connectivity index (χ1v) is 12.8. The summed E-state index contributed by atoms with van der Waals surface area (Å²) in [5.74, 6) is 0.215. The molecule has 3 aromatic rings. The van der Waals surface area contributed by atoms with Gasteiger partial charge in [-0.1, -0.05) is 49.7 Å². The first kappa shape index (κ1) is 26.4. The molecule has 1 heterocycles. The van der Waals surface area contributed by atoms with E-state index in [1.54, 1.807) is 12.1 Å². The Bertz CT molecular complexity index is 1220. The molecule has 4 rings (SSSR count). The van der Waals surface area contributed by atoms with Gasteiger partial charge in [0.1, 0.15) is 18.2 Å². The highest BCUT2D eigenvalue weighted by Crippen LogP contribution is 2.34. The highest BCUT2D eigenvalue weighted by Gasteiger charge is 2.21. The molecule has 3 aromatic carbocycles. The van der Waals surface area contributed by atoms with Crippen molar-refractivity contribution < 1.29 is 23.4 Å². The van der Waals surface area contributed by atoms with Crippen LogP contribution in [0.15, 0.2) is 72.3 Å². The van der Waals surface area contributed by atoms with Gasteiger partial charge in [0.25, 0.3) is 0 Å². The molecule has 0 bridgehead atoms. The third kappa shape index (κ3) is 6.98. The van der Waals surface area contributed by atoms with Crippen LogP contribution in [0.3, 0.4) is 0 Å². The summed E-state index contributed by atoms with van der Waals surface area (Å²) < 4.78 is 30.8. The van der Waals surface area contributed by atoms with Crippen molar-refractivity contribution in [3.8, 4) is 16.9 Å². The predicted molar refractivity (Wildman–Crippen MR) is 145 cm³/mol. The molecule has 0 radical (unpaired) electrons. The van der Waals surface area contributed by atoms with Crippen molar-refractivity contribution in [1.82, 2.24) is 0 Å². The zero-order chi connectivity index (χ0) is 26.0. The zero-order valence-electron chi connectivity index (χ0n) is 21.5. The molecule has 194 valence electrons. The van der Waals surface area contributed by atoms with Crippen LogP contribution >= 0.6 is 0 Å². The van der Waals surface area contributed by atoms with Crippen LogP contribution in [-0.2, 0) is 20.8 Å². The third-order valence-electron chi connectivity index (χ3n) is 6.44. The number of benzene rings is 3. The van der Waals surface area contributed by atoms with E-state index in [4.69, 9.17) is 14.2 Å². The van der Waals surface area contributed by atoms with E-state index in [-0.39, 0.29) is 11.8 Å². The van der Waals surface area contributed by atoms with E-state index < -0.39 is 0 Å². The number of rotatable bonds is 11. The Morgan fingerprint density at radius 1 is 0.973 bits per heavy atom. The lowest BCUT2D eigenvalue weighted by Crippen LogP contribution is -2.25. The topological polar surface area (TPSA) is 48.0 Å². The number of methoxy groups -OCH3 is 1. The number of hydrogen-bond donors (Lipinski definition) is 0. The molecule has 0 amide bonds. The van der Waals surface area contributed by atoms with Crippen LogP contribution < -0.4 is 9.64 Å². The zero-order valence-corrected chi connectivity index (χ0v) is 21.5. The van der Waals surface area contributed by atoms with Gasteiger partial charge < -0.3 is 19.1 Å². The number of fused-ring (bicyclic) bond motifs is 1. The molecule has 1 aliphatic rings. The molecular formula is C31H34FNO4. The van der Waals surface area contributed by atoms with Crippen molar-refractivity contribution in [2.24, 2.45) is 0 Å². The number of nitrogens with zero attached hydrogens (tertiary/aromatic N) is 1. The SMILES string of the molecule is CCCCOCCOc1ccc(-c2ccc3c(c2)C=C(C(=O)OC)CCN3Cc2ccccc2F)cc1. The van der Waals surface area contributed by atoms with Crippen LogP contribution in [0.4, 0.5) is 10.1 Å². The first-order valence-electron chi connectivity index (χ1n) is 12.8. The number of unbranched alkanes of at least 4 members (excludes halogenated alkanes) is 1. The van der Waals surface area contributed by atoms with Gasteiger partial charge in [-0.2, -0.15) is 0 Å². The molecule has 0 unspecified atom stereocenters. The summed E-state index contributed by atoms with van der Waals surface area (Å²) in [4.78, 5) is 14.5. The van der Waals surface area contributed by atoms with Crippen molar-refractivity contribution in [2.75, 3.05) is 38.4 Å². The summed E-state index contributed by atoms with van der Waals surface area (Å²) in [5.41, 5.74) is 5.12. The Labute approximate surface area is 218 Å². The van der Waals surface area contributed by atoms with E-state index in [2.05, 4.69) is 24.0 Å². The molecule has 5 nitrogen and oxygen atoms in total. The smallest absolute Gasteiger partial charge is 0.333 e. The van der Waals surface area contributed by atoms with E-state index in [0.29, 0.717) is 43.9 Å². The van der Waals surface area contributed by atoms with E-state index in [9.17, 15) is 9.18 Å². The van der Waals surface area contributed by atoms with Gasteiger partial charge in [-0.05, 0) is 65.9 Å². The summed E-state index contributed by atoms with van der Waals surface area (Å²) in [7, 11) is 1.39. The maximum Gasteiger partial charge on any atom is 0.333 e. The number of ether oxygens (including phenoxy) is 3. The second kappa shape index (κ2) is 13.1. The Balaban J connectivity index is 1.54. The molecule has 0 aliphatic carbocycles. The normalized spacial score (nSPS) is 12.9. The summed E-state index contributed by atoms with van der Waals surface area (Å²) in [6, 6.07) is 20.9. The van der Waals surface area contributed by atoms with Gasteiger partial charge in [-0.25, -0.2) is 9.18 Å². The van der Waals surface area contributed by atoms with Crippen molar-refractivity contribution in [1.29, 1.82) is 0 Å². The van der Waals surface area contributed by atoms with Crippen molar-refractivity contribution in [2.45, 2.75) is 32.7 Å². The molecule has 1 aliphatic heterocycles. The number of carbonyl (C=O) groups excluding carboxylic acids is 1. The summed E-state index contributed by atoms with van der Waals surface area (Å²) in [6.07, 6.45) is 4.59. The molecule has 6 heteroatoms. The lowest BCUT2D eigenvalue weighted by atomic mass is 10.00. The average Bonchev–Trinajstić information content (AvgIpc) is 3.11. The second-order valence-corrected chi connectivity index (χ2v) is 9.04. The quantitative estimate of drug-likeness (QED) is 0.216. The number of anilines is 1. The molecule has 0 saturated heterocycles. The minimum absolute atomic E-state index is 0.235. The number of halogens is 1. The molecule has 37 heavy (non-hydrogen) atoms. The minimum Gasteiger partial charge on any atom is -0.491 e. The van der Waals surface area contributed by atoms with Crippen molar-refractivity contribution >= 4 is 17.7 Å². The summed E-state index contributed by atoms with van der Waals surface area (Å²) in [6.45, 7) is 4.99. The highest BCUT2D eigenvalue weighted by atomic mass is 19.1. The Kier molecular flexibility index (Phi) is 9.33. The predicted octanol–water partition coefficient (Wildman–Crippen LogP) is 6.65. The molecule has 0 spiro atoms. The summed E-state index contributed by atoms with van der Waals surface area (Å²) >= 11 is 0. The van der Waals surface area contributed by atoms with Gasteiger partial charge >= 0.3 is 5.97 Å². The van der Waals surface area contributed by atoms with Gasteiger partial charge in [-0.3, -0.25) is 0 Å². The van der Waals surface area contributed by atoms with E-state index in [1.807, 2.05) is 42.5 Å². The Morgan fingerprint density at radius 2 is 1.76 bits per heavy atom. The molecule has 0 atom stereocenters. The van der Waals surface area contributed by atoms with Gasteiger partial charge in [0.15, 0.2) is 0 Å². The van der Waals surface area contributed by atoms with Crippen LogP contribution in [0.25, 0.3) is 17.2 Å². The fourth-order valence-corrected chi connectivity index (χ4v) is 4.37. The van der Waals surface area contributed by atoms with Crippen LogP contribution in [0, 0.1) is 5.82 Å². The van der Waals surface area contributed by atoms with Gasteiger partial charge in [0, 0.05) is 36.5 Å².